The monoisotopic (exact) mass is 375 g/mol. The molecule has 1 N–H and O–H groups in total. The van der Waals surface area contributed by atoms with Gasteiger partial charge >= 0.3 is 0 Å². The number of carbonyl (C=O) groups is 1. The summed E-state index contributed by atoms with van der Waals surface area (Å²) in [7, 11) is 0. The zero-order chi connectivity index (χ0) is 19.5. The molecule has 2 aromatic carbocycles. The molecule has 0 radical (unpaired) electrons. The van der Waals surface area contributed by atoms with Crippen molar-refractivity contribution in [3.8, 4) is 0 Å². The number of nitrogens with one attached hydrogen (secondary N) is 1. The van der Waals surface area contributed by atoms with Gasteiger partial charge in [0.15, 0.2) is 0 Å². The highest BCUT2D eigenvalue weighted by atomic mass is 16.5. The van der Waals surface area contributed by atoms with Crippen LogP contribution >= 0.6 is 0 Å². The summed E-state index contributed by atoms with van der Waals surface area (Å²) in [6.07, 6.45) is 2.74. The Bertz CT molecular complexity index is 979. The summed E-state index contributed by atoms with van der Waals surface area (Å²) in [4.78, 5) is 12.5. The molecule has 0 aliphatic carbocycles. The molecular formula is C23H25N3O2. The molecule has 0 bridgehead atoms. The lowest BCUT2D eigenvalue weighted by molar-refractivity contribution is 0.0383. The Morgan fingerprint density at radius 1 is 1.18 bits per heavy atom. The normalized spacial score (nSPS) is 15.9. The molecule has 1 atom stereocenters. The van der Waals surface area contributed by atoms with Crippen LogP contribution in [0.1, 0.15) is 44.4 Å². The van der Waals surface area contributed by atoms with E-state index in [1.807, 2.05) is 54.9 Å². The number of amides is 1. The number of fused-ring (bicyclic) bond motifs is 1. The maximum absolute atomic E-state index is 12.5. The largest absolute Gasteiger partial charge is 0.370 e. The lowest BCUT2D eigenvalue weighted by Gasteiger charge is -2.22. The van der Waals surface area contributed by atoms with Crippen LogP contribution in [0, 0.1) is 13.8 Å². The van der Waals surface area contributed by atoms with Gasteiger partial charge in [-0.05, 0) is 54.7 Å². The van der Waals surface area contributed by atoms with E-state index in [1.165, 1.54) is 16.7 Å². The van der Waals surface area contributed by atoms with E-state index < -0.39 is 0 Å². The van der Waals surface area contributed by atoms with Gasteiger partial charge in [0.25, 0.3) is 5.91 Å². The second-order valence-electron chi connectivity index (χ2n) is 7.34. The van der Waals surface area contributed by atoms with Crippen molar-refractivity contribution in [1.29, 1.82) is 0 Å². The molecule has 4 rings (SSSR count). The summed E-state index contributed by atoms with van der Waals surface area (Å²) in [6.45, 7) is 5.85. The lowest BCUT2D eigenvalue weighted by atomic mass is 10.0. The first kappa shape index (κ1) is 18.4. The van der Waals surface area contributed by atoms with Gasteiger partial charge in [0.2, 0.25) is 0 Å². The fraction of sp³-hybridized carbons (Fsp3) is 0.304. The number of benzene rings is 2. The molecule has 5 heteroatoms. The third-order valence-electron chi connectivity index (χ3n) is 5.27. The van der Waals surface area contributed by atoms with Crippen LogP contribution in [-0.4, -0.2) is 28.8 Å². The van der Waals surface area contributed by atoms with Crippen LogP contribution in [0.4, 0.5) is 0 Å². The molecule has 0 saturated heterocycles. The number of hydrogen-bond acceptors (Lipinski definition) is 3. The van der Waals surface area contributed by atoms with Gasteiger partial charge in [-0.25, -0.2) is 0 Å². The molecule has 5 nitrogen and oxygen atoms in total. The van der Waals surface area contributed by atoms with E-state index in [-0.39, 0.29) is 12.0 Å². The van der Waals surface area contributed by atoms with E-state index >= 15 is 0 Å². The summed E-state index contributed by atoms with van der Waals surface area (Å²) in [5.41, 5.74) is 6.32. The van der Waals surface area contributed by atoms with Gasteiger partial charge in [-0.15, -0.1) is 0 Å². The molecule has 28 heavy (non-hydrogen) atoms. The van der Waals surface area contributed by atoms with Gasteiger partial charge in [-0.1, -0.05) is 36.4 Å². The quantitative estimate of drug-likeness (QED) is 0.741. The maximum atomic E-state index is 12.5. The molecule has 1 aliphatic rings. The maximum Gasteiger partial charge on any atom is 0.251 e. The fourth-order valence-corrected chi connectivity index (χ4v) is 3.51. The number of aromatic nitrogens is 2. The third kappa shape index (κ3) is 3.99. The van der Waals surface area contributed by atoms with Crippen LogP contribution in [0.3, 0.4) is 0 Å². The minimum Gasteiger partial charge on any atom is -0.370 e. The van der Waals surface area contributed by atoms with E-state index in [1.54, 1.807) is 0 Å². The number of rotatable bonds is 5. The molecule has 1 aliphatic heterocycles. The number of nitrogens with zero attached hydrogens (tertiary/aromatic N) is 2. The molecule has 0 unspecified atom stereocenters. The van der Waals surface area contributed by atoms with Crippen molar-refractivity contribution < 1.29 is 9.53 Å². The van der Waals surface area contributed by atoms with Gasteiger partial charge in [0, 0.05) is 18.3 Å². The van der Waals surface area contributed by atoms with Crippen molar-refractivity contribution in [1.82, 2.24) is 15.1 Å². The highest BCUT2D eigenvalue weighted by molar-refractivity contribution is 5.94. The summed E-state index contributed by atoms with van der Waals surface area (Å²) < 4.78 is 7.87. The van der Waals surface area contributed by atoms with Gasteiger partial charge in [0.05, 0.1) is 18.8 Å². The Balaban J connectivity index is 1.44. The molecule has 0 spiro atoms. The first-order chi connectivity index (χ1) is 13.6. The van der Waals surface area contributed by atoms with Gasteiger partial charge in [0.1, 0.15) is 6.10 Å². The molecule has 3 aromatic rings. The minimum absolute atomic E-state index is 0.0810. The Morgan fingerprint density at radius 2 is 2.00 bits per heavy atom. The van der Waals surface area contributed by atoms with Crippen LogP contribution in [0.25, 0.3) is 0 Å². The molecule has 0 saturated carbocycles. The number of aryl methyl sites for hydroxylation is 2. The van der Waals surface area contributed by atoms with Crippen molar-refractivity contribution in [3.63, 3.8) is 0 Å². The minimum atomic E-state index is -0.212. The van der Waals surface area contributed by atoms with Gasteiger partial charge in [-0.2, -0.15) is 5.10 Å². The first-order valence-corrected chi connectivity index (χ1v) is 9.67. The zero-order valence-electron chi connectivity index (χ0n) is 16.3. The SMILES string of the molecule is Cc1ccc(C(=O)NC[C@H]2OCCc3cn(Cc4ccccc4)nc32)cc1C. The van der Waals surface area contributed by atoms with E-state index in [0.29, 0.717) is 18.7 Å². The van der Waals surface area contributed by atoms with Crippen LogP contribution in [0.2, 0.25) is 0 Å². The average molecular weight is 375 g/mol. The number of hydrogen-bond donors (Lipinski definition) is 1. The summed E-state index contributed by atoms with van der Waals surface area (Å²) >= 11 is 0. The Hall–Kier alpha value is -2.92. The van der Waals surface area contributed by atoms with Crippen LogP contribution in [0.15, 0.2) is 54.7 Å². The highest BCUT2D eigenvalue weighted by Crippen LogP contribution is 2.25. The van der Waals surface area contributed by atoms with Gasteiger partial charge in [-0.3, -0.25) is 9.48 Å². The van der Waals surface area contributed by atoms with Crippen LogP contribution < -0.4 is 5.32 Å². The van der Waals surface area contributed by atoms with Crippen molar-refractivity contribution >= 4 is 5.91 Å². The van der Waals surface area contributed by atoms with E-state index in [2.05, 4.69) is 23.6 Å². The average Bonchev–Trinajstić information content (AvgIpc) is 3.12. The zero-order valence-corrected chi connectivity index (χ0v) is 16.3. The summed E-state index contributed by atoms with van der Waals surface area (Å²) in [5, 5.41) is 7.75. The first-order valence-electron chi connectivity index (χ1n) is 9.67. The Kier molecular flexibility index (Phi) is 5.26. The van der Waals surface area contributed by atoms with Crippen molar-refractivity contribution in [3.05, 3.63) is 88.2 Å². The number of ether oxygens (including phenoxy) is 1. The van der Waals surface area contributed by atoms with Crippen LogP contribution in [-0.2, 0) is 17.7 Å². The Morgan fingerprint density at radius 3 is 2.79 bits per heavy atom. The highest BCUT2D eigenvalue weighted by Gasteiger charge is 2.25. The molecule has 1 amide bonds. The lowest BCUT2D eigenvalue weighted by Crippen LogP contribution is -2.32. The smallest absolute Gasteiger partial charge is 0.251 e. The molecule has 1 aromatic heterocycles. The van der Waals surface area contributed by atoms with E-state index in [0.717, 1.165) is 24.2 Å². The Labute approximate surface area is 165 Å². The summed E-state index contributed by atoms with van der Waals surface area (Å²) in [5.74, 6) is -0.0810. The molecule has 0 fully saturated rings. The van der Waals surface area contributed by atoms with E-state index in [9.17, 15) is 4.79 Å². The standard InChI is InChI=1S/C23H25N3O2/c1-16-8-9-19(12-17(16)2)23(27)24-13-21-22-20(10-11-28-21)15-26(25-22)14-18-6-4-3-5-7-18/h3-9,12,15,21H,10-11,13-14H2,1-2H3,(H,24,27)/t21-/m1/s1. The second-order valence-corrected chi connectivity index (χ2v) is 7.34. The predicted octanol–water partition coefficient (Wildman–Crippen LogP) is 3.59. The molecular weight excluding hydrogens is 350 g/mol. The predicted molar refractivity (Wildman–Crippen MR) is 108 cm³/mol. The van der Waals surface area contributed by atoms with Crippen molar-refractivity contribution in [2.24, 2.45) is 0 Å². The second kappa shape index (κ2) is 7.98. The molecule has 2 heterocycles. The molecule has 144 valence electrons. The van der Waals surface area contributed by atoms with Crippen molar-refractivity contribution in [2.75, 3.05) is 13.2 Å². The fourth-order valence-electron chi connectivity index (χ4n) is 3.51. The topological polar surface area (TPSA) is 56.1 Å². The van der Waals surface area contributed by atoms with Gasteiger partial charge < -0.3 is 10.1 Å². The van der Waals surface area contributed by atoms with Crippen LogP contribution in [0.5, 0.6) is 0 Å². The summed E-state index contributed by atoms with van der Waals surface area (Å²) in [6, 6.07) is 16.0. The number of carbonyl (C=O) groups excluding carboxylic acids is 1. The van der Waals surface area contributed by atoms with E-state index in [4.69, 9.17) is 9.84 Å². The van der Waals surface area contributed by atoms with Crippen molar-refractivity contribution in [2.45, 2.75) is 32.9 Å². The third-order valence-corrected chi connectivity index (χ3v) is 5.27.